The monoisotopic (exact) mass is 472 g/mol. The van der Waals surface area contributed by atoms with Gasteiger partial charge in [0.2, 0.25) is 0 Å². The molecular formula is C26H24N4O5. The molecule has 0 spiro atoms. The molecule has 0 aliphatic rings. The third kappa shape index (κ3) is 5.47. The minimum Gasteiger partial charge on any atom is -0.485 e. The number of aryl methyl sites for hydroxylation is 1. The number of carbonyl (C=O) groups is 2. The number of para-hydroxylation sites is 3. The predicted octanol–water partition coefficient (Wildman–Crippen LogP) is 4.40. The van der Waals surface area contributed by atoms with Crippen LogP contribution in [-0.2, 0) is 11.3 Å². The van der Waals surface area contributed by atoms with E-state index >= 15 is 0 Å². The molecule has 2 heterocycles. The molecule has 0 aliphatic heterocycles. The van der Waals surface area contributed by atoms with E-state index in [9.17, 15) is 14.4 Å². The van der Waals surface area contributed by atoms with E-state index in [1.165, 1.54) is 10.5 Å². The largest absolute Gasteiger partial charge is 0.485 e. The minimum absolute atomic E-state index is 0.0338. The quantitative estimate of drug-likeness (QED) is 0.386. The second kappa shape index (κ2) is 10.5. The van der Waals surface area contributed by atoms with Crippen LogP contribution in [0.3, 0.4) is 0 Å². The van der Waals surface area contributed by atoms with E-state index in [1.54, 1.807) is 67.7 Å². The number of hydrogen-bond donors (Lipinski definition) is 2. The molecule has 2 aromatic carbocycles. The van der Waals surface area contributed by atoms with Crippen molar-refractivity contribution in [3.05, 3.63) is 100 Å². The van der Waals surface area contributed by atoms with Crippen molar-refractivity contribution >= 4 is 29.0 Å². The van der Waals surface area contributed by atoms with Gasteiger partial charge in [-0.1, -0.05) is 30.3 Å². The highest BCUT2D eigenvalue weighted by Gasteiger charge is 2.15. The van der Waals surface area contributed by atoms with Gasteiger partial charge in [0.25, 0.3) is 5.56 Å². The number of fused-ring (bicyclic) bond motifs is 1. The van der Waals surface area contributed by atoms with Gasteiger partial charge in [0.15, 0.2) is 0 Å². The zero-order valence-corrected chi connectivity index (χ0v) is 19.3. The van der Waals surface area contributed by atoms with Crippen molar-refractivity contribution in [3.8, 4) is 5.75 Å². The Morgan fingerprint density at radius 3 is 2.49 bits per heavy atom. The van der Waals surface area contributed by atoms with Crippen molar-refractivity contribution in [1.82, 2.24) is 9.38 Å². The molecule has 9 nitrogen and oxygen atoms in total. The molecule has 2 N–H and O–H groups in total. The number of urea groups is 1. The van der Waals surface area contributed by atoms with Gasteiger partial charge in [0, 0.05) is 12.3 Å². The van der Waals surface area contributed by atoms with Crippen LogP contribution in [-0.4, -0.2) is 28.0 Å². The number of amides is 2. The van der Waals surface area contributed by atoms with E-state index in [4.69, 9.17) is 9.47 Å². The predicted molar refractivity (Wildman–Crippen MR) is 132 cm³/mol. The fourth-order valence-corrected chi connectivity index (χ4v) is 3.49. The summed E-state index contributed by atoms with van der Waals surface area (Å²) in [6.07, 6.45) is 1.67. The Bertz CT molecular complexity index is 1450. The second-order valence-corrected chi connectivity index (χ2v) is 7.60. The van der Waals surface area contributed by atoms with Crippen molar-refractivity contribution in [1.29, 1.82) is 0 Å². The van der Waals surface area contributed by atoms with Crippen molar-refractivity contribution in [3.63, 3.8) is 0 Å². The Morgan fingerprint density at radius 2 is 1.69 bits per heavy atom. The van der Waals surface area contributed by atoms with Gasteiger partial charge in [-0.05, 0) is 49.7 Å². The highest BCUT2D eigenvalue weighted by atomic mass is 16.5. The topological polar surface area (TPSA) is 111 Å². The van der Waals surface area contributed by atoms with Gasteiger partial charge in [-0.3, -0.25) is 9.20 Å². The first-order valence-electron chi connectivity index (χ1n) is 11.0. The van der Waals surface area contributed by atoms with Crippen molar-refractivity contribution < 1.29 is 19.1 Å². The molecule has 0 unspecified atom stereocenters. The van der Waals surface area contributed by atoms with E-state index in [0.29, 0.717) is 28.5 Å². The maximum Gasteiger partial charge on any atom is 0.340 e. The van der Waals surface area contributed by atoms with Crippen LogP contribution in [0.1, 0.15) is 28.5 Å². The summed E-state index contributed by atoms with van der Waals surface area (Å²) in [4.78, 5) is 41.8. The summed E-state index contributed by atoms with van der Waals surface area (Å²) in [7, 11) is 0. The van der Waals surface area contributed by atoms with Crippen molar-refractivity contribution in [2.24, 2.45) is 0 Å². The lowest BCUT2D eigenvalue weighted by Crippen LogP contribution is -2.22. The highest BCUT2D eigenvalue weighted by Crippen LogP contribution is 2.25. The number of ether oxygens (including phenoxy) is 2. The van der Waals surface area contributed by atoms with Gasteiger partial charge in [0.05, 0.1) is 29.2 Å². The normalized spacial score (nSPS) is 10.6. The first-order chi connectivity index (χ1) is 17.0. The van der Waals surface area contributed by atoms with Crippen LogP contribution in [0.2, 0.25) is 0 Å². The van der Waals surface area contributed by atoms with Crippen molar-refractivity contribution in [2.45, 2.75) is 20.5 Å². The first kappa shape index (κ1) is 23.5. The molecule has 0 aliphatic carbocycles. The van der Waals surface area contributed by atoms with Gasteiger partial charge < -0.3 is 20.1 Å². The Labute approximate surface area is 201 Å². The highest BCUT2D eigenvalue weighted by molar-refractivity contribution is 6.05. The average molecular weight is 473 g/mol. The Balaban J connectivity index is 1.48. The maximum absolute atomic E-state index is 12.7. The summed E-state index contributed by atoms with van der Waals surface area (Å²) in [5, 5.41) is 5.40. The third-order valence-electron chi connectivity index (χ3n) is 5.12. The van der Waals surface area contributed by atoms with Crippen LogP contribution in [0.4, 0.5) is 16.2 Å². The zero-order valence-electron chi connectivity index (χ0n) is 19.3. The number of aromatic nitrogens is 2. The molecule has 0 fully saturated rings. The summed E-state index contributed by atoms with van der Waals surface area (Å²) < 4.78 is 12.4. The summed E-state index contributed by atoms with van der Waals surface area (Å²) in [5.74, 6) is -0.130. The Kier molecular flexibility index (Phi) is 7.06. The minimum atomic E-state index is -0.560. The van der Waals surface area contributed by atoms with Crippen LogP contribution in [0.25, 0.3) is 5.65 Å². The molecule has 0 atom stereocenters. The molecule has 9 heteroatoms. The number of nitrogens with one attached hydrogen (secondary N) is 2. The number of benzene rings is 2. The maximum atomic E-state index is 12.7. The molecule has 4 aromatic rings. The SMILES string of the molecule is CCOC(=O)c1ccccc1NC(=O)Nc1ccccc1OCc1cc(=O)n2cccc(C)c2n1. The number of rotatable bonds is 7. The van der Waals surface area contributed by atoms with Gasteiger partial charge in [-0.2, -0.15) is 0 Å². The molecule has 4 rings (SSSR count). The van der Waals surface area contributed by atoms with E-state index < -0.39 is 12.0 Å². The summed E-state index contributed by atoms with van der Waals surface area (Å²) >= 11 is 0. The van der Waals surface area contributed by atoms with Crippen LogP contribution >= 0.6 is 0 Å². The zero-order chi connectivity index (χ0) is 24.8. The molecular weight excluding hydrogens is 448 g/mol. The first-order valence-corrected chi connectivity index (χ1v) is 11.0. The number of nitrogens with zero attached hydrogens (tertiary/aromatic N) is 2. The Hall–Kier alpha value is -4.66. The molecule has 0 saturated heterocycles. The van der Waals surface area contributed by atoms with Gasteiger partial charge in [0.1, 0.15) is 18.0 Å². The molecule has 2 amide bonds. The van der Waals surface area contributed by atoms with Crippen molar-refractivity contribution in [2.75, 3.05) is 17.2 Å². The molecule has 0 bridgehead atoms. The lowest BCUT2D eigenvalue weighted by atomic mass is 10.2. The number of carbonyl (C=O) groups excluding carboxylic acids is 2. The molecule has 0 radical (unpaired) electrons. The smallest absolute Gasteiger partial charge is 0.340 e. The number of esters is 1. The van der Waals surface area contributed by atoms with E-state index in [0.717, 1.165) is 5.56 Å². The standard InChI is InChI=1S/C26H24N4O5/c1-3-34-25(32)19-10-4-5-11-20(19)28-26(33)29-21-12-6-7-13-22(21)35-16-18-15-23(31)30-14-8-9-17(2)24(30)27-18/h4-15H,3,16H2,1-2H3,(H2,28,29,33). The van der Waals surface area contributed by atoms with Gasteiger partial charge in [-0.25, -0.2) is 14.6 Å². The van der Waals surface area contributed by atoms with E-state index in [1.807, 2.05) is 13.0 Å². The fraction of sp³-hybridized carbons (Fsp3) is 0.154. The lowest BCUT2D eigenvalue weighted by Gasteiger charge is -2.14. The number of anilines is 2. The molecule has 178 valence electrons. The van der Waals surface area contributed by atoms with Crippen LogP contribution in [0.5, 0.6) is 5.75 Å². The Morgan fingerprint density at radius 1 is 0.971 bits per heavy atom. The lowest BCUT2D eigenvalue weighted by molar-refractivity contribution is 0.0527. The van der Waals surface area contributed by atoms with E-state index in [-0.39, 0.29) is 24.3 Å². The van der Waals surface area contributed by atoms with Crippen LogP contribution < -0.4 is 20.9 Å². The molecule has 0 saturated carbocycles. The third-order valence-corrected chi connectivity index (χ3v) is 5.12. The second-order valence-electron chi connectivity index (χ2n) is 7.60. The van der Waals surface area contributed by atoms with Gasteiger partial charge >= 0.3 is 12.0 Å². The van der Waals surface area contributed by atoms with Crippen LogP contribution in [0.15, 0.2) is 77.7 Å². The summed E-state index contributed by atoms with van der Waals surface area (Å²) in [6.45, 7) is 3.85. The van der Waals surface area contributed by atoms with Crippen LogP contribution in [0, 0.1) is 6.92 Å². The molecule has 35 heavy (non-hydrogen) atoms. The molecule has 2 aromatic heterocycles. The fourth-order valence-electron chi connectivity index (χ4n) is 3.49. The number of pyridine rings is 1. The average Bonchev–Trinajstić information content (AvgIpc) is 2.84. The number of hydrogen-bond acceptors (Lipinski definition) is 6. The van der Waals surface area contributed by atoms with Gasteiger partial charge in [-0.15, -0.1) is 0 Å². The summed E-state index contributed by atoms with van der Waals surface area (Å²) in [6, 6.07) is 18.0. The van der Waals surface area contributed by atoms with E-state index in [2.05, 4.69) is 15.6 Å². The summed E-state index contributed by atoms with van der Waals surface area (Å²) in [5.41, 5.74) is 2.66.